The van der Waals surface area contributed by atoms with Crippen LogP contribution in [0.1, 0.15) is 12.1 Å². The van der Waals surface area contributed by atoms with E-state index >= 15 is 0 Å². The highest BCUT2D eigenvalue weighted by molar-refractivity contribution is 7.89. The summed E-state index contributed by atoms with van der Waals surface area (Å²) in [7, 11) is -3.65. The molecule has 1 unspecified atom stereocenters. The lowest BCUT2D eigenvalue weighted by molar-refractivity contribution is 0.206. The average molecular weight is 370 g/mol. The van der Waals surface area contributed by atoms with E-state index in [-0.39, 0.29) is 17.5 Å². The van der Waals surface area contributed by atoms with E-state index in [0.29, 0.717) is 24.4 Å². The normalized spacial score (nSPS) is 18.3. The van der Waals surface area contributed by atoms with Crippen molar-refractivity contribution >= 4 is 20.9 Å². The first-order valence-electron chi connectivity index (χ1n) is 8.33. The molecule has 0 N–H and O–H groups in total. The lowest BCUT2D eigenvalue weighted by Gasteiger charge is -2.18. The van der Waals surface area contributed by atoms with Crippen molar-refractivity contribution in [2.45, 2.75) is 24.3 Å². The number of fused-ring (bicyclic) bond motifs is 1. The Labute approximate surface area is 151 Å². The maximum absolute atomic E-state index is 13.2. The van der Waals surface area contributed by atoms with Crippen LogP contribution in [0.3, 0.4) is 0 Å². The molecule has 26 heavy (non-hydrogen) atoms. The summed E-state index contributed by atoms with van der Waals surface area (Å²) in [5, 5.41) is 0.809. The SMILES string of the molecule is Cc1ccc2cccc(S(=O)(=O)N3CCC(Oc4cnccn4)C3)c2n1. The van der Waals surface area contributed by atoms with Crippen LogP contribution in [0.2, 0.25) is 0 Å². The molecule has 3 heterocycles. The Balaban J connectivity index is 1.61. The van der Waals surface area contributed by atoms with Gasteiger partial charge in [0.05, 0.1) is 18.3 Å². The molecule has 0 amide bonds. The highest BCUT2D eigenvalue weighted by atomic mass is 32.2. The molecule has 0 aliphatic carbocycles. The number of ether oxygens (including phenoxy) is 1. The number of pyridine rings is 1. The number of benzene rings is 1. The number of hydrogen-bond donors (Lipinski definition) is 0. The van der Waals surface area contributed by atoms with Crippen molar-refractivity contribution in [3.63, 3.8) is 0 Å². The summed E-state index contributed by atoms with van der Waals surface area (Å²) in [6.07, 6.45) is 4.99. The largest absolute Gasteiger partial charge is 0.472 e. The topological polar surface area (TPSA) is 85.3 Å². The van der Waals surface area contributed by atoms with Gasteiger partial charge in [0.1, 0.15) is 11.0 Å². The van der Waals surface area contributed by atoms with Gasteiger partial charge in [0.15, 0.2) is 0 Å². The van der Waals surface area contributed by atoms with Gasteiger partial charge in [-0.25, -0.2) is 13.4 Å². The van der Waals surface area contributed by atoms with Crippen molar-refractivity contribution in [1.82, 2.24) is 19.3 Å². The number of aryl methyl sites for hydroxylation is 1. The Morgan fingerprint density at radius 2 is 2.08 bits per heavy atom. The van der Waals surface area contributed by atoms with E-state index in [2.05, 4.69) is 15.0 Å². The molecule has 0 spiro atoms. The van der Waals surface area contributed by atoms with E-state index in [1.54, 1.807) is 24.5 Å². The monoisotopic (exact) mass is 370 g/mol. The zero-order chi connectivity index (χ0) is 18.1. The van der Waals surface area contributed by atoms with Gasteiger partial charge in [-0.3, -0.25) is 9.97 Å². The van der Waals surface area contributed by atoms with Crippen molar-refractivity contribution < 1.29 is 13.2 Å². The van der Waals surface area contributed by atoms with Crippen molar-refractivity contribution in [3.8, 4) is 5.88 Å². The third-order valence-corrected chi connectivity index (χ3v) is 6.27. The molecule has 8 heteroatoms. The molecule has 1 aromatic carbocycles. The maximum atomic E-state index is 13.2. The van der Waals surface area contributed by atoms with Crippen molar-refractivity contribution in [1.29, 1.82) is 0 Å². The minimum atomic E-state index is -3.65. The molecule has 4 rings (SSSR count). The summed E-state index contributed by atoms with van der Waals surface area (Å²) in [6.45, 7) is 2.53. The standard InChI is InChI=1S/C18H18N4O3S/c1-13-5-6-14-3-2-4-16(18(14)21-13)26(23,24)22-10-7-15(12-22)25-17-11-19-8-9-20-17/h2-6,8-9,11,15H,7,10,12H2,1H3. The Morgan fingerprint density at radius 3 is 2.88 bits per heavy atom. The molecule has 1 aliphatic heterocycles. The summed E-state index contributed by atoms with van der Waals surface area (Å²) in [5.41, 5.74) is 1.29. The van der Waals surface area contributed by atoms with E-state index in [0.717, 1.165) is 11.1 Å². The molecule has 0 saturated carbocycles. The summed E-state index contributed by atoms with van der Waals surface area (Å²) < 4.78 is 33.5. The van der Waals surface area contributed by atoms with Crippen LogP contribution in [0, 0.1) is 6.92 Å². The van der Waals surface area contributed by atoms with Crippen LogP contribution in [-0.4, -0.2) is 46.9 Å². The lowest BCUT2D eigenvalue weighted by Crippen LogP contribution is -2.31. The number of rotatable bonds is 4. The molecule has 1 saturated heterocycles. The predicted octanol–water partition coefficient (Wildman–Crippen LogP) is 2.18. The quantitative estimate of drug-likeness (QED) is 0.700. The van der Waals surface area contributed by atoms with E-state index in [1.807, 2.05) is 25.1 Å². The zero-order valence-corrected chi connectivity index (χ0v) is 15.1. The maximum Gasteiger partial charge on any atom is 0.245 e. The van der Waals surface area contributed by atoms with E-state index < -0.39 is 10.0 Å². The third-order valence-electron chi connectivity index (χ3n) is 4.37. The number of aromatic nitrogens is 3. The molecule has 134 valence electrons. The fourth-order valence-electron chi connectivity index (χ4n) is 3.09. The van der Waals surface area contributed by atoms with Gasteiger partial charge in [-0.05, 0) is 25.5 Å². The van der Waals surface area contributed by atoms with Crippen LogP contribution in [0.15, 0.2) is 53.8 Å². The summed E-state index contributed by atoms with van der Waals surface area (Å²) in [5.74, 6) is 0.402. The molecule has 0 radical (unpaired) electrons. The molecule has 0 bridgehead atoms. The van der Waals surface area contributed by atoms with Crippen LogP contribution in [-0.2, 0) is 10.0 Å². The van der Waals surface area contributed by atoms with Crippen molar-refractivity contribution in [2.24, 2.45) is 0 Å². The number of hydrogen-bond acceptors (Lipinski definition) is 6. The van der Waals surface area contributed by atoms with Gasteiger partial charge in [-0.15, -0.1) is 0 Å². The lowest BCUT2D eigenvalue weighted by atomic mass is 10.2. The van der Waals surface area contributed by atoms with Gasteiger partial charge < -0.3 is 4.74 Å². The summed E-state index contributed by atoms with van der Waals surface area (Å²) >= 11 is 0. The van der Waals surface area contributed by atoms with Crippen LogP contribution in [0.4, 0.5) is 0 Å². The van der Waals surface area contributed by atoms with Crippen molar-refractivity contribution in [2.75, 3.05) is 13.1 Å². The van der Waals surface area contributed by atoms with Crippen LogP contribution in [0.25, 0.3) is 10.9 Å². The van der Waals surface area contributed by atoms with Gasteiger partial charge in [-0.2, -0.15) is 4.31 Å². The van der Waals surface area contributed by atoms with Crippen LogP contribution < -0.4 is 4.74 Å². The van der Waals surface area contributed by atoms with Gasteiger partial charge in [0, 0.05) is 30.0 Å². The van der Waals surface area contributed by atoms with Gasteiger partial charge >= 0.3 is 0 Å². The third kappa shape index (κ3) is 3.13. The van der Waals surface area contributed by atoms with E-state index in [9.17, 15) is 8.42 Å². The Kier molecular flexibility index (Phi) is 4.29. The minimum absolute atomic E-state index is 0.235. The molecular formula is C18H18N4O3S. The predicted molar refractivity (Wildman–Crippen MR) is 96.3 cm³/mol. The van der Waals surface area contributed by atoms with E-state index in [4.69, 9.17) is 4.74 Å². The Bertz CT molecular complexity index is 1040. The van der Waals surface area contributed by atoms with Crippen molar-refractivity contribution in [3.05, 3.63) is 54.6 Å². The first kappa shape index (κ1) is 16.9. The summed E-state index contributed by atoms with van der Waals surface area (Å²) in [4.78, 5) is 12.7. The van der Waals surface area contributed by atoms with Crippen LogP contribution >= 0.6 is 0 Å². The molecule has 1 atom stereocenters. The smallest absolute Gasteiger partial charge is 0.245 e. The molecular weight excluding hydrogens is 352 g/mol. The minimum Gasteiger partial charge on any atom is -0.472 e. The average Bonchev–Trinajstić information content (AvgIpc) is 3.11. The zero-order valence-electron chi connectivity index (χ0n) is 14.2. The molecule has 7 nitrogen and oxygen atoms in total. The first-order chi connectivity index (χ1) is 12.5. The Morgan fingerprint density at radius 1 is 1.19 bits per heavy atom. The molecule has 1 fully saturated rings. The van der Waals surface area contributed by atoms with Gasteiger partial charge in [-0.1, -0.05) is 18.2 Å². The molecule has 2 aromatic heterocycles. The number of sulfonamides is 1. The molecule has 1 aliphatic rings. The van der Waals surface area contributed by atoms with Crippen LogP contribution in [0.5, 0.6) is 5.88 Å². The number of para-hydroxylation sites is 1. The highest BCUT2D eigenvalue weighted by Gasteiger charge is 2.35. The summed E-state index contributed by atoms with van der Waals surface area (Å²) in [6, 6.07) is 8.99. The first-order valence-corrected chi connectivity index (χ1v) is 9.77. The van der Waals surface area contributed by atoms with Gasteiger partial charge in [0.2, 0.25) is 15.9 Å². The second kappa shape index (κ2) is 6.62. The fraction of sp³-hybridized carbons (Fsp3) is 0.278. The van der Waals surface area contributed by atoms with Gasteiger partial charge in [0.25, 0.3) is 0 Å². The fourth-order valence-corrected chi connectivity index (χ4v) is 4.74. The van der Waals surface area contributed by atoms with E-state index in [1.165, 1.54) is 10.5 Å². The Hall–Kier alpha value is -2.58. The number of nitrogens with zero attached hydrogens (tertiary/aromatic N) is 4. The second-order valence-corrected chi connectivity index (χ2v) is 8.12. The second-order valence-electron chi connectivity index (χ2n) is 6.22. The highest BCUT2D eigenvalue weighted by Crippen LogP contribution is 2.28. The molecule has 3 aromatic rings.